The molecule has 1 unspecified atom stereocenters. The maximum Gasteiger partial charge on any atom is 0.306 e. The quantitative estimate of drug-likeness (QED) is 0.488. The Kier molecular flexibility index (Phi) is 6.44. The predicted molar refractivity (Wildman–Crippen MR) is 119 cm³/mol. The molecule has 0 aliphatic carbocycles. The molecule has 34 heavy (non-hydrogen) atoms. The van der Waals surface area contributed by atoms with Crippen LogP contribution in [0.2, 0.25) is 0 Å². The Morgan fingerprint density at radius 1 is 1.06 bits per heavy atom. The minimum atomic E-state index is -0.991. The number of hydrogen-bond donors (Lipinski definition) is 0. The second-order valence-corrected chi connectivity index (χ2v) is 8.14. The summed E-state index contributed by atoms with van der Waals surface area (Å²) in [6.45, 7) is 1.47. The van der Waals surface area contributed by atoms with Gasteiger partial charge in [-0.25, -0.2) is 0 Å². The molecule has 2 aliphatic rings. The average Bonchev–Trinajstić information content (AvgIpc) is 3.25. The first-order valence-corrected chi connectivity index (χ1v) is 10.7. The fourth-order valence-corrected chi connectivity index (χ4v) is 4.24. The molecule has 0 bridgehead atoms. The van der Waals surface area contributed by atoms with Crippen molar-refractivity contribution in [1.82, 2.24) is 9.80 Å². The Morgan fingerprint density at radius 2 is 1.71 bits per heavy atom. The Morgan fingerprint density at radius 3 is 2.32 bits per heavy atom. The summed E-state index contributed by atoms with van der Waals surface area (Å²) in [6, 6.07) is 10.0. The molecule has 2 aromatic rings. The number of halogens is 1. The third kappa shape index (κ3) is 4.54. The number of benzene rings is 2. The molecule has 4 rings (SSSR count). The minimum Gasteiger partial charge on any atom is -0.497 e. The molecular formula is C23H23FN4O6. The number of methoxy groups -OCH3 is 1. The summed E-state index contributed by atoms with van der Waals surface area (Å²) >= 11 is 0. The minimum absolute atomic E-state index is 0.0327. The Bertz CT molecular complexity index is 1130. The van der Waals surface area contributed by atoms with Crippen LogP contribution in [0.3, 0.4) is 0 Å². The van der Waals surface area contributed by atoms with Gasteiger partial charge >= 0.3 is 5.69 Å². The first-order valence-electron chi connectivity index (χ1n) is 10.7. The van der Waals surface area contributed by atoms with Gasteiger partial charge in [0, 0.05) is 50.8 Å². The topological polar surface area (TPSA) is 113 Å². The molecule has 0 N–H and O–H groups in total. The van der Waals surface area contributed by atoms with E-state index in [0.29, 0.717) is 37.5 Å². The van der Waals surface area contributed by atoms with E-state index < -0.39 is 22.3 Å². The number of ether oxygens (including phenoxy) is 1. The monoisotopic (exact) mass is 470 g/mol. The van der Waals surface area contributed by atoms with Gasteiger partial charge in [-0.15, -0.1) is 0 Å². The van der Waals surface area contributed by atoms with E-state index in [1.54, 1.807) is 41.2 Å². The maximum absolute atomic E-state index is 13.6. The smallest absolute Gasteiger partial charge is 0.306 e. The fraction of sp³-hybridized carbons (Fsp3) is 0.348. The molecule has 11 heteroatoms. The predicted octanol–water partition coefficient (Wildman–Crippen LogP) is 2.08. The van der Waals surface area contributed by atoms with E-state index in [1.807, 2.05) is 0 Å². The van der Waals surface area contributed by atoms with Crippen molar-refractivity contribution < 1.29 is 28.4 Å². The summed E-state index contributed by atoms with van der Waals surface area (Å²) < 4.78 is 18.7. The van der Waals surface area contributed by atoms with Crippen LogP contribution in [-0.2, 0) is 9.59 Å². The Balaban J connectivity index is 1.36. The van der Waals surface area contributed by atoms with Gasteiger partial charge < -0.3 is 19.4 Å². The molecule has 3 amide bonds. The van der Waals surface area contributed by atoms with Crippen LogP contribution >= 0.6 is 0 Å². The molecule has 0 radical (unpaired) electrons. The van der Waals surface area contributed by atoms with E-state index in [4.69, 9.17) is 4.74 Å². The number of piperazine rings is 1. The van der Waals surface area contributed by atoms with Gasteiger partial charge in [-0.3, -0.25) is 24.5 Å². The number of nitrogens with zero attached hydrogens (tertiary/aromatic N) is 4. The van der Waals surface area contributed by atoms with Gasteiger partial charge in [-0.2, -0.15) is 4.39 Å². The third-order valence-electron chi connectivity index (χ3n) is 6.13. The van der Waals surface area contributed by atoms with Crippen LogP contribution in [0.5, 0.6) is 5.75 Å². The summed E-state index contributed by atoms with van der Waals surface area (Å²) in [7, 11) is 1.55. The standard InChI is InChI=1S/C23H23FN4O6/c1-34-18-5-2-15(3-6-18)22(30)25-8-10-26(11-9-25)23(31)16-12-21(29)27(14-16)17-4-7-19(24)20(13-17)28(32)33/h2-7,13,16H,8-12,14H2,1H3. The van der Waals surface area contributed by atoms with Crippen LogP contribution in [-0.4, -0.2) is 72.3 Å². The molecule has 178 valence electrons. The van der Waals surface area contributed by atoms with Gasteiger partial charge in [0.15, 0.2) is 0 Å². The van der Waals surface area contributed by atoms with Gasteiger partial charge in [0.2, 0.25) is 17.6 Å². The summed E-state index contributed by atoms with van der Waals surface area (Å²) in [6.07, 6.45) is -0.0327. The Labute approximate surface area is 194 Å². The molecular weight excluding hydrogens is 447 g/mol. The lowest BCUT2D eigenvalue weighted by Crippen LogP contribution is -2.52. The number of hydrogen-bond acceptors (Lipinski definition) is 6. The van der Waals surface area contributed by atoms with E-state index >= 15 is 0 Å². The van der Waals surface area contributed by atoms with Crippen molar-refractivity contribution >= 4 is 29.1 Å². The first-order chi connectivity index (χ1) is 16.3. The molecule has 0 spiro atoms. The van der Waals surface area contributed by atoms with E-state index in [9.17, 15) is 28.9 Å². The fourth-order valence-electron chi connectivity index (χ4n) is 4.24. The lowest BCUT2D eigenvalue weighted by Gasteiger charge is -2.36. The van der Waals surface area contributed by atoms with Crippen molar-refractivity contribution in [2.75, 3.05) is 44.7 Å². The largest absolute Gasteiger partial charge is 0.497 e. The SMILES string of the molecule is COc1ccc(C(=O)N2CCN(C(=O)C3CC(=O)N(c4ccc(F)c([N+](=O)[O-])c4)C3)CC2)cc1. The van der Waals surface area contributed by atoms with Gasteiger partial charge in [-0.1, -0.05) is 0 Å². The van der Waals surface area contributed by atoms with Crippen LogP contribution in [0, 0.1) is 21.8 Å². The van der Waals surface area contributed by atoms with Crippen molar-refractivity contribution in [3.8, 4) is 5.75 Å². The van der Waals surface area contributed by atoms with E-state index in [2.05, 4.69) is 0 Å². The molecule has 2 fully saturated rings. The molecule has 2 aliphatic heterocycles. The summed E-state index contributed by atoms with van der Waals surface area (Å²) in [5.74, 6) is -1.63. The van der Waals surface area contributed by atoms with Gasteiger partial charge in [-0.05, 0) is 36.4 Å². The maximum atomic E-state index is 13.6. The van der Waals surface area contributed by atoms with E-state index in [-0.39, 0.29) is 36.4 Å². The number of nitro benzene ring substituents is 1. The zero-order chi connectivity index (χ0) is 24.4. The van der Waals surface area contributed by atoms with Crippen molar-refractivity contribution in [3.05, 3.63) is 64.0 Å². The highest BCUT2D eigenvalue weighted by atomic mass is 19.1. The highest BCUT2D eigenvalue weighted by Gasteiger charge is 2.38. The zero-order valence-corrected chi connectivity index (χ0v) is 18.5. The molecule has 2 saturated heterocycles. The second kappa shape index (κ2) is 9.46. The van der Waals surface area contributed by atoms with Crippen LogP contribution in [0.1, 0.15) is 16.8 Å². The van der Waals surface area contributed by atoms with Crippen molar-refractivity contribution in [2.24, 2.45) is 5.92 Å². The van der Waals surface area contributed by atoms with Crippen LogP contribution in [0.25, 0.3) is 0 Å². The summed E-state index contributed by atoms with van der Waals surface area (Å²) in [4.78, 5) is 53.0. The number of rotatable bonds is 5. The number of anilines is 1. The second-order valence-electron chi connectivity index (χ2n) is 8.14. The number of amides is 3. The number of carbonyl (C=O) groups excluding carboxylic acids is 3. The summed E-state index contributed by atoms with van der Waals surface area (Å²) in [5.41, 5.74) is -0.00738. The zero-order valence-electron chi connectivity index (χ0n) is 18.5. The molecule has 0 saturated carbocycles. The Hall–Kier alpha value is -4.02. The molecule has 2 heterocycles. The highest BCUT2D eigenvalue weighted by molar-refractivity contribution is 6.00. The van der Waals surface area contributed by atoms with Gasteiger partial charge in [0.25, 0.3) is 5.91 Å². The van der Waals surface area contributed by atoms with Crippen LogP contribution < -0.4 is 9.64 Å². The van der Waals surface area contributed by atoms with Crippen molar-refractivity contribution in [1.29, 1.82) is 0 Å². The number of carbonyl (C=O) groups is 3. The van der Waals surface area contributed by atoms with E-state index in [1.165, 1.54) is 11.0 Å². The van der Waals surface area contributed by atoms with Crippen LogP contribution in [0.15, 0.2) is 42.5 Å². The average molecular weight is 470 g/mol. The normalized spacial score (nSPS) is 18.2. The third-order valence-corrected chi connectivity index (χ3v) is 6.13. The highest BCUT2D eigenvalue weighted by Crippen LogP contribution is 2.30. The molecule has 2 aromatic carbocycles. The molecule has 0 aromatic heterocycles. The van der Waals surface area contributed by atoms with Gasteiger partial charge in [0.1, 0.15) is 5.75 Å². The van der Waals surface area contributed by atoms with Crippen LogP contribution in [0.4, 0.5) is 15.8 Å². The molecule has 10 nitrogen and oxygen atoms in total. The van der Waals surface area contributed by atoms with Gasteiger partial charge in [0.05, 0.1) is 23.6 Å². The van der Waals surface area contributed by atoms with Crippen molar-refractivity contribution in [2.45, 2.75) is 6.42 Å². The summed E-state index contributed by atoms with van der Waals surface area (Å²) in [5, 5.41) is 11.0. The lowest BCUT2D eigenvalue weighted by molar-refractivity contribution is -0.387. The first kappa shape index (κ1) is 23.1. The number of nitro groups is 1. The van der Waals surface area contributed by atoms with Crippen molar-refractivity contribution in [3.63, 3.8) is 0 Å². The lowest BCUT2D eigenvalue weighted by atomic mass is 10.1. The van der Waals surface area contributed by atoms with E-state index in [0.717, 1.165) is 12.1 Å². The molecule has 1 atom stereocenters.